The molecule has 0 aliphatic rings. The average molecular weight is 357 g/mol. The van der Waals surface area contributed by atoms with E-state index in [1.807, 2.05) is 18.4 Å². The number of ether oxygens (including phenoxy) is 1. The summed E-state index contributed by atoms with van der Waals surface area (Å²) in [5.41, 5.74) is 1.18. The van der Waals surface area contributed by atoms with Crippen LogP contribution >= 0.6 is 11.8 Å². The molecule has 25 heavy (non-hydrogen) atoms. The van der Waals surface area contributed by atoms with Crippen LogP contribution in [0.4, 0.5) is 5.69 Å². The number of Topliss-reactive ketones (excluding diaryl/α,β-unsaturated/α-hetero) is 1. The van der Waals surface area contributed by atoms with Gasteiger partial charge in [0.2, 0.25) is 0 Å². The van der Waals surface area contributed by atoms with Gasteiger partial charge in [-0.3, -0.25) is 9.59 Å². The number of hydrogen-bond acceptors (Lipinski definition) is 5. The maximum atomic E-state index is 12.3. The number of benzene rings is 2. The lowest BCUT2D eigenvalue weighted by atomic mass is 10.1. The van der Waals surface area contributed by atoms with Crippen molar-refractivity contribution in [3.8, 4) is 0 Å². The van der Waals surface area contributed by atoms with Crippen molar-refractivity contribution in [3.05, 3.63) is 59.7 Å². The molecule has 0 bridgehead atoms. The van der Waals surface area contributed by atoms with Crippen LogP contribution in [0.2, 0.25) is 0 Å². The third kappa shape index (κ3) is 4.93. The number of carbonyl (C=O) groups excluding carboxylic acids is 3. The second-order valence-electron chi connectivity index (χ2n) is 5.37. The highest BCUT2D eigenvalue weighted by molar-refractivity contribution is 7.98. The normalized spacial score (nSPS) is 11.5. The zero-order chi connectivity index (χ0) is 18.4. The summed E-state index contributed by atoms with van der Waals surface area (Å²) in [5.74, 6) is -1.23. The number of carbonyl (C=O) groups is 3. The van der Waals surface area contributed by atoms with E-state index in [1.165, 1.54) is 13.8 Å². The number of para-hydroxylation sites is 1. The van der Waals surface area contributed by atoms with Gasteiger partial charge in [0.1, 0.15) is 0 Å². The minimum Gasteiger partial charge on any atom is -0.449 e. The predicted molar refractivity (Wildman–Crippen MR) is 98.2 cm³/mol. The highest BCUT2D eigenvalue weighted by Gasteiger charge is 2.20. The fourth-order valence-electron chi connectivity index (χ4n) is 2.14. The molecular weight excluding hydrogens is 338 g/mol. The summed E-state index contributed by atoms with van der Waals surface area (Å²) in [7, 11) is 0. The Morgan fingerprint density at radius 3 is 2.28 bits per heavy atom. The number of ketones is 1. The van der Waals surface area contributed by atoms with Crippen molar-refractivity contribution in [1.82, 2.24) is 0 Å². The highest BCUT2D eigenvalue weighted by atomic mass is 32.2. The van der Waals surface area contributed by atoms with Crippen LogP contribution in [0.25, 0.3) is 0 Å². The Morgan fingerprint density at radius 1 is 1.04 bits per heavy atom. The Kier molecular flexibility index (Phi) is 6.36. The van der Waals surface area contributed by atoms with E-state index in [2.05, 4.69) is 5.32 Å². The molecule has 0 aliphatic heterocycles. The number of rotatable bonds is 6. The Bertz CT molecular complexity index is 786. The predicted octanol–water partition coefficient (Wildman–Crippen LogP) is 3.80. The first-order chi connectivity index (χ1) is 11.9. The first-order valence-electron chi connectivity index (χ1n) is 7.68. The van der Waals surface area contributed by atoms with E-state index in [0.29, 0.717) is 16.8 Å². The molecule has 5 nitrogen and oxygen atoms in total. The molecule has 0 unspecified atom stereocenters. The van der Waals surface area contributed by atoms with Crippen LogP contribution in [-0.4, -0.2) is 30.0 Å². The van der Waals surface area contributed by atoms with Crippen LogP contribution in [0.1, 0.15) is 34.6 Å². The summed E-state index contributed by atoms with van der Waals surface area (Å²) < 4.78 is 5.20. The summed E-state index contributed by atoms with van der Waals surface area (Å²) in [5, 5.41) is 2.63. The van der Waals surface area contributed by atoms with Crippen molar-refractivity contribution >= 4 is 35.1 Å². The van der Waals surface area contributed by atoms with Gasteiger partial charge in [0, 0.05) is 10.5 Å². The summed E-state index contributed by atoms with van der Waals surface area (Å²) in [6.45, 7) is 2.91. The lowest BCUT2D eigenvalue weighted by Gasteiger charge is -2.15. The molecule has 1 amide bonds. The molecule has 130 valence electrons. The zero-order valence-electron chi connectivity index (χ0n) is 14.2. The first kappa shape index (κ1) is 18.7. The Hall–Kier alpha value is -2.60. The summed E-state index contributed by atoms with van der Waals surface area (Å²) in [6.07, 6.45) is 0.950. The number of esters is 1. The minimum atomic E-state index is -0.993. The molecule has 6 heteroatoms. The summed E-state index contributed by atoms with van der Waals surface area (Å²) in [6, 6.07) is 13.6. The van der Waals surface area contributed by atoms with Gasteiger partial charge in [0.15, 0.2) is 11.9 Å². The average Bonchev–Trinajstić information content (AvgIpc) is 2.61. The monoisotopic (exact) mass is 357 g/mol. The van der Waals surface area contributed by atoms with Gasteiger partial charge in [-0.15, -0.1) is 11.8 Å². The second-order valence-corrected chi connectivity index (χ2v) is 6.25. The van der Waals surface area contributed by atoms with Crippen LogP contribution in [0.3, 0.4) is 0 Å². The Balaban J connectivity index is 2.02. The number of anilines is 1. The van der Waals surface area contributed by atoms with Crippen molar-refractivity contribution in [2.45, 2.75) is 24.8 Å². The smallest absolute Gasteiger partial charge is 0.338 e. The highest BCUT2D eigenvalue weighted by Crippen LogP contribution is 2.17. The molecule has 0 aromatic heterocycles. The van der Waals surface area contributed by atoms with Gasteiger partial charge in [0.05, 0.1) is 11.3 Å². The third-order valence-electron chi connectivity index (χ3n) is 3.54. The lowest BCUT2D eigenvalue weighted by molar-refractivity contribution is -0.123. The standard InChI is InChI=1S/C19H19NO4S/c1-12(21)16-6-4-5-7-17(16)20-18(22)13(2)24-19(23)14-8-10-15(25-3)11-9-14/h4-11,13H,1-3H3,(H,20,22)/t13-/m1/s1. The molecule has 1 N–H and O–H groups in total. The number of thioether (sulfide) groups is 1. The largest absolute Gasteiger partial charge is 0.449 e. The molecule has 1 atom stereocenters. The maximum absolute atomic E-state index is 12.3. The van der Waals surface area contributed by atoms with Gasteiger partial charge in [-0.2, -0.15) is 0 Å². The van der Waals surface area contributed by atoms with Gasteiger partial charge in [-0.25, -0.2) is 4.79 Å². The van der Waals surface area contributed by atoms with Crippen molar-refractivity contribution in [3.63, 3.8) is 0 Å². The van der Waals surface area contributed by atoms with Gasteiger partial charge in [-0.05, 0) is 56.5 Å². The third-order valence-corrected chi connectivity index (χ3v) is 4.29. The Morgan fingerprint density at radius 2 is 1.68 bits per heavy atom. The fraction of sp³-hybridized carbons (Fsp3) is 0.211. The summed E-state index contributed by atoms with van der Waals surface area (Å²) in [4.78, 5) is 37.0. The van der Waals surface area contributed by atoms with Gasteiger partial charge in [-0.1, -0.05) is 12.1 Å². The van der Waals surface area contributed by atoms with E-state index in [1.54, 1.807) is 48.2 Å². The van der Waals surface area contributed by atoms with E-state index >= 15 is 0 Å². The van der Waals surface area contributed by atoms with Crippen molar-refractivity contribution in [2.75, 3.05) is 11.6 Å². The van der Waals surface area contributed by atoms with E-state index in [-0.39, 0.29) is 5.78 Å². The van der Waals surface area contributed by atoms with E-state index in [9.17, 15) is 14.4 Å². The van der Waals surface area contributed by atoms with E-state index in [4.69, 9.17) is 4.74 Å². The summed E-state index contributed by atoms with van der Waals surface area (Å²) >= 11 is 1.57. The second kappa shape index (κ2) is 8.48. The van der Waals surface area contributed by atoms with Crippen LogP contribution in [0, 0.1) is 0 Å². The van der Waals surface area contributed by atoms with Crippen LogP contribution in [-0.2, 0) is 9.53 Å². The molecule has 0 saturated carbocycles. The lowest BCUT2D eigenvalue weighted by Crippen LogP contribution is -2.30. The van der Waals surface area contributed by atoms with Crippen LogP contribution in [0.5, 0.6) is 0 Å². The molecule has 0 radical (unpaired) electrons. The number of hydrogen-bond donors (Lipinski definition) is 1. The van der Waals surface area contributed by atoms with Crippen LogP contribution < -0.4 is 5.32 Å². The molecule has 2 rings (SSSR count). The first-order valence-corrected chi connectivity index (χ1v) is 8.90. The number of nitrogens with one attached hydrogen (secondary N) is 1. The molecule has 0 heterocycles. The van der Waals surface area contributed by atoms with Crippen molar-refractivity contribution < 1.29 is 19.1 Å². The fourth-order valence-corrected chi connectivity index (χ4v) is 2.55. The van der Waals surface area contributed by atoms with Crippen molar-refractivity contribution in [2.24, 2.45) is 0 Å². The molecule has 2 aromatic rings. The molecular formula is C19H19NO4S. The topological polar surface area (TPSA) is 72.5 Å². The van der Waals surface area contributed by atoms with Gasteiger partial charge >= 0.3 is 5.97 Å². The van der Waals surface area contributed by atoms with Crippen LogP contribution in [0.15, 0.2) is 53.4 Å². The molecule has 2 aromatic carbocycles. The minimum absolute atomic E-state index is 0.158. The molecule has 0 saturated heterocycles. The van der Waals surface area contributed by atoms with E-state index in [0.717, 1.165) is 4.90 Å². The number of amides is 1. The van der Waals surface area contributed by atoms with Crippen molar-refractivity contribution in [1.29, 1.82) is 0 Å². The Labute approximate surface area is 150 Å². The van der Waals surface area contributed by atoms with E-state index < -0.39 is 18.0 Å². The molecule has 0 aliphatic carbocycles. The van der Waals surface area contributed by atoms with Gasteiger partial charge < -0.3 is 10.1 Å². The molecule has 0 spiro atoms. The molecule has 0 fully saturated rings. The SMILES string of the molecule is CSc1ccc(C(=O)O[C@H](C)C(=O)Nc2ccccc2C(C)=O)cc1. The zero-order valence-corrected chi connectivity index (χ0v) is 15.1. The quantitative estimate of drug-likeness (QED) is 0.484. The maximum Gasteiger partial charge on any atom is 0.338 e. The van der Waals surface area contributed by atoms with Gasteiger partial charge in [0.25, 0.3) is 5.91 Å².